The number of carbonyl (C=O) groups is 1. The van der Waals surface area contributed by atoms with Crippen LogP contribution in [0.15, 0.2) is 0 Å². The Bertz CT molecular complexity index is 291. The van der Waals surface area contributed by atoms with Gasteiger partial charge < -0.3 is 5.11 Å². The largest absolute Gasteiger partial charge is 0.389 e. The van der Waals surface area contributed by atoms with Crippen LogP contribution in [0.1, 0.15) is 39.5 Å². The average Bonchev–Trinajstić information content (AvgIpc) is 2.28. The summed E-state index contributed by atoms with van der Waals surface area (Å²) >= 11 is 0. The number of carbonyl (C=O) groups excluding carboxylic acids is 1. The number of Topliss-reactive ketones (excluding diaryl/α,β-unsaturated/α-hetero) is 1. The van der Waals surface area contributed by atoms with Gasteiger partial charge in [0, 0.05) is 51.6 Å². The zero-order chi connectivity index (χ0) is 13.2. The van der Waals surface area contributed by atoms with E-state index >= 15 is 0 Å². The smallest absolute Gasteiger partial charge is 0.134 e. The fourth-order valence-electron chi connectivity index (χ4n) is 3.15. The van der Waals surface area contributed by atoms with Gasteiger partial charge in [-0.05, 0) is 26.7 Å². The summed E-state index contributed by atoms with van der Waals surface area (Å²) in [6, 6.07) is 0.482. The minimum absolute atomic E-state index is 0.435. The molecule has 0 amide bonds. The Labute approximate surface area is 110 Å². The Morgan fingerprint density at radius 2 is 1.94 bits per heavy atom. The highest BCUT2D eigenvalue weighted by Gasteiger charge is 2.29. The van der Waals surface area contributed by atoms with Gasteiger partial charge in [-0.2, -0.15) is 0 Å². The van der Waals surface area contributed by atoms with Gasteiger partial charge >= 0.3 is 0 Å². The molecule has 1 unspecified atom stereocenters. The molecular formula is C14H26N2O2. The zero-order valence-electron chi connectivity index (χ0n) is 11.7. The van der Waals surface area contributed by atoms with Crippen LogP contribution in [0.25, 0.3) is 0 Å². The van der Waals surface area contributed by atoms with Crippen LogP contribution in [0.2, 0.25) is 0 Å². The van der Waals surface area contributed by atoms with Crippen LogP contribution < -0.4 is 0 Å². The van der Waals surface area contributed by atoms with Gasteiger partial charge in [0.1, 0.15) is 5.78 Å². The molecule has 1 saturated heterocycles. The molecule has 0 spiro atoms. The highest BCUT2D eigenvalue weighted by atomic mass is 16.3. The first-order valence-electron chi connectivity index (χ1n) is 7.14. The summed E-state index contributed by atoms with van der Waals surface area (Å²) in [6.45, 7) is 8.55. The van der Waals surface area contributed by atoms with E-state index in [1.165, 1.54) is 6.42 Å². The first kappa shape index (κ1) is 14.0. The van der Waals surface area contributed by atoms with Gasteiger partial charge in [-0.1, -0.05) is 0 Å². The Morgan fingerprint density at radius 1 is 1.28 bits per heavy atom. The van der Waals surface area contributed by atoms with Crippen molar-refractivity contribution < 1.29 is 9.90 Å². The fourth-order valence-corrected chi connectivity index (χ4v) is 3.15. The molecule has 0 aromatic carbocycles. The normalized spacial score (nSPS) is 28.6. The minimum atomic E-state index is -0.608. The van der Waals surface area contributed by atoms with E-state index in [1.54, 1.807) is 0 Å². The minimum Gasteiger partial charge on any atom is -0.389 e. The monoisotopic (exact) mass is 254 g/mol. The molecule has 1 aliphatic carbocycles. The molecule has 1 saturated carbocycles. The SMILES string of the molecule is CC(C)(O)CN1CCN(C2CCCC(=O)C2)CC1. The van der Waals surface area contributed by atoms with E-state index in [1.807, 2.05) is 13.8 Å². The molecule has 4 heteroatoms. The molecule has 0 bridgehead atoms. The maximum Gasteiger partial charge on any atom is 0.134 e. The lowest BCUT2D eigenvalue weighted by molar-refractivity contribution is -0.122. The molecule has 2 aliphatic rings. The summed E-state index contributed by atoms with van der Waals surface area (Å²) in [4.78, 5) is 16.3. The number of piperazine rings is 1. The molecule has 0 aromatic heterocycles. The van der Waals surface area contributed by atoms with E-state index in [0.29, 0.717) is 11.8 Å². The number of hydrogen-bond donors (Lipinski definition) is 1. The van der Waals surface area contributed by atoms with E-state index in [9.17, 15) is 9.90 Å². The third kappa shape index (κ3) is 4.04. The number of ketones is 1. The first-order chi connectivity index (χ1) is 8.44. The summed E-state index contributed by atoms with van der Waals surface area (Å²) in [5.74, 6) is 0.435. The molecule has 104 valence electrons. The lowest BCUT2D eigenvalue weighted by Crippen LogP contribution is -2.53. The Balaban J connectivity index is 1.77. The number of rotatable bonds is 3. The predicted molar refractivity (Wildman–Crippen MR) is 71.6 cm³/mol. The van der Waals surface area contributed by atoms with E-state index in [-0.39, 0.29) is 0 Å². The molecule has 18 heavy (non-hydrogen) atoms. The molecule has 4 nitrogen and oxygen atoms in total. The number of nitrogens with zero attached hydrogens (tertiary/aromatic N) is 2. The van der Waals surface area contributed by atoms with Crippen LogP contribution in [0, 0.1) is 0 Å². The van der Waals surface area contributed by atoms with Crippen LogP contribution in [-0.2, 0) is 4.79 Å². The molecular weight excluding hydrogens is 228 g/mol. The number of β-amino-alcohol motifs (C(OH)–C–C–N with tert-alkyl or cyclic N) is 1. The second kappa shape index (κ2) is 5.68. The van der Waals surface area contributed by atoms with E-state index in [0.717, 1.165) is 52.0 Å². The van der Waals surface area contributed by atoms with Crippen molar-refractivity contribution in [2.75, 3.05) is 32.7 Å². The summed E-state index contributed by atoms with van der Waals surface area (Å²) in [5.41, 5.74) is -0.608. The van der Waals surface area contributed by atoms with Crippen LogP contribution >= 0.6 is 0 Å². The topological polar surface area (TPSA) is 43.8 Å². The van der Waals surface area contributed by atoms with E-state index in [4.69, 9.17) is 0 Å². The van der Waals surface area contributed by atoms with Gasteiger partial charge in [0.2, 0.25) is 0 Å². The second-order valence-electron chi connectivity index (χ2n) is 6.41. The van der Waals surface area contributed by atoms with Gasteiger partial charge in [-0.3, -0.25) is 14.6 Å². The van der Waals surface area contributed by atoms with Crippen LogP contribution in [0.5, 0.6) is 0 Å². The zero-order valence-corrected chi connectivity index (χ0v) is 11.7. The summed E-state index contributed by atoms with van der Waals surface area (Å²) in [5, 5.41) is 9.82. The Kier molecular flexibility index (Phi) is 4.41. The Hall–Kier alpha value is -0.450. The average molecular weight is 254 g/mol. The lowest BCUT2D eigenvalue weighted by Gasteiger charge is -2.41. The van der Waals surface area contributed by atoms with Gasteiger partial charge in [0.05, 0.1) is 5.60 Å². The van der Waals surface area contributed by atoms with Crippen molar-refractivity contribution in [3.8, 4) is 0 Å². The van der Waals surface area contributed by atoms with Crippen LogP contribution in [0.4, 0.5) is 0 Å². The van der Waals surface area contributed by atoms with Crippen LogP contribution in [0.3, 0.4) is 0 Å². The van der Waals surface area contributed by atoms with Crippen molar-refractivity contribution in [1.29, 1.82) is 0 Å². The maximum absolute atomic E-state index is 11.5. The van der Waals surface area contributed by atoms with Gasteiger partial charge in [-0.25, -0.2) is 0 Å². The highest BCUT2D eigenvalue weighted by molar-refractivity contribution is 5.79. The molecule has 2 rings (SSSR count). The van der Waals surface area contributed by atoms with E-state index < -0.39 is 5.60 Å². The number of hydrogen-bond acceptors (Lipinski definition) is 4. The summed E-state index contributed by atoms with van der Waals surface area (Å²) < 4.78 is 0. The first-order valence-corrected chi connectivity index (χ1v) is 7.14. The number of aliphatic hydroxyl groups is 1. The molecule has 0 aromatic rings. The van der Waals surface area contributed by atoms with Gasteiger partial charge in [0.25, 0.3) is 0 Å². The molecule has 1 N–H and O–H groups in total. The van der Waals surface area contributed by atoms with Crippen molar-refractivity contribution in [3.05, 3.63) is 0 Å². The maximum atomic E-state index is 11.5. The standard InChI is InChI=1S/C14H26N2O2/c1-14(2,18)11-15-6-8-16(9-7-15)12-4-3-5-13(17)10-12/h12,18H,3-11H2,1-2H3. The third-order valence-electron chi connectivity index (χ3n) is 3.99. The molecule has 1 heterocycles. The summed E-state index contributed by atoms with van der Waals surface area (Å²) in [7, 11) is 0. The van der Waals surface area contributed by atoms with Crippen LogP contribution in [-0.4, -0.2) is 65.1 Å². The molecule has 0 radical (unpaired) electrons. The van der Waals surface area contributed by atoms with Gasteiger partial charge in [0.15, 0.2) is 0 Å². The molecule has 1 atom stereocenters. The molecule has 1 aliphatic heterocycles. The van der Waals surface area contributed by atoms with Gasteiger partial charge in [-0.15, -0.1) is 0 Å². The van der Waals surface area contributed by atoms with Crippen molar-refractivity contribution in [3.63, 3.8) is 0 Å². The summed E-state index contributed by atoms with van der Waals surface area (Å²) in [6.07, 6.45) is 3.78. The predicted octanol–water partition coefficient (Wildman–Crippen LogP) is 0.887. The van der Waals surface area contributed by atoms with Crippen molar-refractivity contribution in [2.45, 2.75) is 51.2 Å². The van der Waals surface area contributed by atoms with Crippen molar-refractivity contribution in [2.24, 2.45) is 0 Å². The third-order valence-corrected chi connectivity index (χ3v) is 3.99. The van der Waals surface area contributed by atoms with Crippen molar-refractivity contribution in [1.82, 2.24) is 9.80 Å². The lowest BCUT2D eigenvalue weighted by atomic mass is 9.92. The molecule has 2 fully saturated rings. The fraction of sp³-hybridized carbons (Fsp3) is 0.929. The quantitative estimate of drug-likeness (QED) is 0.812. The van der Waals surface area contributed by atoms with E-state index in [2.05, 4.69) is 9.80 Å². The Morgan fingerprint density at radius 3 is 2.50 bits per heavy atom. The van der Waals surface area contributed by atoms with Crippen molar-refractivity contribution >= 4 is 5.78 Å². The second-order valence-corrected chi connectivity index (χ2v) is 6.41. The highest BCUT2D eigenvalue weighted by Crippen LogP contribution is 2.21.